The van der Waals surface area contributed by atoms with Gasteiger partial charge in [-0.3, -0.25) is 14.5 Å². The van der Waals surface area contributed by atoms with Gasteiger partial charge in [-0.05, 0) is 36.4 Å². The number of cyclic esters (lactones) is 1. The van der Waals surface area contributed by atoms with Crippen LogP contribution in [0.5, 0.6) is 0 Å². The molecule has 2 aromatic carbocycles. The number of anilines is 2. The number of piperazine rings is 1. The predicted octanol–water partition coefficient (Wildman–Crippen LogP) is 2.11. The summed E-state index contributed by atoms with van der Waals surface area (Å²) in [5, 5.41) is 2.68. The number of benzene rings is 2. The molecule has 0 aliphatic carbocycles. The molecule has 31 heavy (non-hydrogen) atoms. The van der Waals surface area contributed by atoms with Gasteiger partial charge in [0.2, 0.25) is 5.91 Å². The fraction of sp³-hybridized carbons (Fsp3) is 0.348. The fourth-order valence-electron chi connectivity index (χ4n) is 3.87. The van der Waals surface area contributed by atoms with Crippen LogP contribution in [0.3, 0.4) is 0 Å². The van der Waals surface area contributed by atoms with Crippen LogP contribution in [0.25, 0.3) is 0 Å². The average molecular weight is 422 g/mol. The highest BCUT2D eigenvalue weighted by Crippen LogP contribution is 2.25. The summed E-state index contributed by atoms with van der Waals surface area (Å²) in [6.07, 6.45) is -0.762. The number of nitrogens with zero attached hydrogens (tertiary/aromatic N) is 3. The van der Waals surface area contributed by atoms with Crippen molar-refractivity contribution >= 4 is 29.3 Å². The molecule has 1 atom stereocenters. The van der Waals surface area contributed by atoms with Gasteiger partial charge in [0.05, 0.1) is 13.1 Å². The quantitative estimate of drug-likeness (QED) is 0.798. The highest BCUT2D eigenvalue weighted by molar-refractivity contribution is 5.94. The van der Waals surface area contributed by atoms with Crippen LogP contribution in [-0.2, 0) is 9.53 Å². The molecule has 2 aliphatic rings. The largest absolute Gasteiger partial charge is 0.442 e. The summed E-state index contributed by atoms with van der Waals surface area (Å²) >= 11 is 0. The van der Waals surface area contributed by atoms with Crippen molar-refractivity contribution in [2.75, 3.05) is 49.1 Å². The number of hydrogen-bond acceptors (Lipinski definition) is 5. The van der Waals surface area contributed by atoms with Crippen LogP contribution in [0.1, 0.15) is 17.3 Å². The van der Waals surface area contributed by atoms with E-state index in [1.807, 2.05) is 59.5 Å². The van der Waals surface area contributed by atoms with Crippen LogP contribution in [0, 0.1) is 0 Å². The first-order chi connectivity index (χ1) is 15.0. The number of hydrogen-bond donors (Lipinski definition) is 1. The molecule has 8 nitrogen and oxygen atoms in total. The fourth-order valence-corrected chi connectivity index (χ4v) is 3.87. The van der Waals surface area contributed by atoms with E-state index >= 15 is 0 Å². The number of ether oxygens (including phenoxy) is 1. The second-order valence-corrected chi connectivity index (χ2v) is 7.72. The zero-order chi connectivity index (χ0) is 21.8. The van der Waals surface area contributed by atoms with E-state index in [9.17, 15) is 14.4 Å². The summed E-state index contributed by atoms with van der Waals surface area (Å²) in [5.74, 6) is -0.0821. The summed E-state index contributed by atoms with van der Waals surface area (Å²) in [6.45, 7) is 4.98. The SMILES string of the molecule is CC(=O)NCC1CN(c2ccc(N3CCN(C(=O)c4ccccc4)CC3)cc2)C(=O)O1. The zero-order valence-electron chi connectivity index (χ0n) is 17.5. The summed E-state index contributed by atoms with van der Waals surface area (Å²) in [5.41, 5.74) is 2.53. The molecule has 0 saturated carbocycles. The first kappa shape index (κ1) is 20.7. The van der Waals surface area contributed by atoms with Gasteiger partial charge in [0.1, 0.15) is 6.10 Å². The molecule has 3 amide bonds. The van der Waals surface area contributed by atoms with Crippen LogP contribution < -0.4 is 15.1 Å². The molecule has 0 aromatic heterocycles. The standard InChI is InChI=1S/C23H26N4O4/c1-17(28)24-15-21-16-27(23(30)31-21)20-9-7-19(8-10-20)25-11-13-26(14-12-25)22(29)18-5-3-2-4-6-18/h2-10,21H,11-16H2,1H3,(H,24,28). The van der Waals surface area contributed by atoms with Crippen LogP contribution in [0.15, 0.2) is 54.6 Å². The smallest absolute Gasteiger partial charge is 0.414 e. The monoisotopic (exact) mass is 422 g/mol. The molecule has 8 heteroatoms. The third-order valence-corrected chi connectivity index (χ3v) is 5.57. The minimum absolute atomic E-state index is 0.0666. The number of rotatable bonds is 5. The molecule has 1 unspecified atom stereocenters. The summed E-state index contributed by atoms with van der Waals surface area (Å²) < 4.78 is 5.32. The molecule has 2 aliphatic heterocycles. The Kier molecular flexibility index (Phi) is 6.06. The van der Waals surface area contributed by atoms with Gasteiger partial charge in [-0.25, -0.2) is 4.79 Å². The van der Waals surface area contributed by atoms with Crippen molar-refractivity contribution in [3.05, 3.63) is 60.2 Å². The van der Waals surface area contributed by atoms with Crippen LogP contribution in [0.4, 0.5) is 16.2 Å². The Morgan fingerprint density at radius 2 is 1.61 bits per heavy atom. The molecular formula is C23H26N4O4. The van der Waals surface area contributed by atoms with Crippen molar-refractivity contribution in [2.45, 2.75) is 13.0 Å². The third-order valence-electron chi connectivity index (χ3n) is 5.57. The lowest BCUT2D eigenvalue weighted by Crippen LogP contribution is -2.48. The molecular weight excluding hydrogens is 396 g/mol. The normalized spacial score (nSPS) is 18.7. The molecule has 0 radical (unpaired) electrons. The van der Waals surface area contributed by atoms with Gasteiger partial charge in [0, 0.05) is 50.0 Å². The molecule has 1 N–H and O–H groups in total. The summed E-state index contributed by atoms with van der Waals surface area (Å²) in [7, 11) is 0. The van der Waals surface area contributed by atoms with E-state index in [2.05, 4.69) is 10.2 Å². The maximum Gasteiger partial charge on any atom is 0.414 e. The first-order valence-corrected chi connectivity index (χ1v) is 10.4. The Morgan fingerprint density at radius 1 is 0.968 bits per heavy atom. The average Bonchev–Trinajstić information content (AvgIpc) is 3.18. The van der Waals surface area contributed by atoms with Crippen LogP contribution in [0.2, 0.25) is 0 Å². The van der Waals surface area contributed by atoms with Crippen molar-refractivity contribution in [1.29, 1.82) is 0 Å². The highest BCUT2D eigenvalue weighted by Gasteiger charge is 2.32. The summed E-state index contributed by atoms with van der Waals surface area (Å²) in [6, 6.07) is 17.1. The molecule has 0 bridgehead atoms. The van der Waals surface area contributed by atoms with Crippen molar-refractivity contribution in [1.82, 2.24) is 10.2 Å². The van der Waals surface area contributed by atoms with Gasteiger partial charge >= 0.3 is 6.09 Å². The molecule has 162 valence electrons. The van der Waals surface area contributed by atoms with E-state index in [1.54, 1.807) is 4.90 Å². The zero-order valence-corrected chi connectivity index (χ0v) is 17.5. The van der Waals surface area contributed by atoms with Gasteiger partial charge in [-0.15, -0.1) is 0 Å². The topological polar surface area (TPSA) is 82.2 Å². The lowest BCUT2D eigenvalue weighted by atomic mass is 10.1. The molecule has 2 aromatic rings. The Hall–Kier alpha value is -3.55. The predicted molar refractivity (Wildman–Crippen MR) is 117 cm³/mol. The Balaban J connectivity index is 1.32. The molecule has 0 spiro atoms. The van der Waals surface area contributed by atoms with E-state index < -0.39 is 6.09 Å². The van der Waals surface area contributed by atoms with Gasteiger partial charge in [0.15, 0.2) is 0 Å². The van der Waals surface area contributed by atoms with E-state index in [1.165, 1.54) is 6.92 Å². The van der Waals surface area contributed by atoms with Gasteiger partial charge in [-0.2, -0.15) is 0 Å². The van der Waals surface area contributed by atoms with Crippen LogP contribution >= 0.6 is 0 Å². The Labute approximate surface area is 181 Å². The van der Waals surface area contributed by atoms with Crippen molar-refractivity contribution in [3.63, 3.8) is 0 Å². The van der Waals surface area contributed by atoms with Crippen molar-refractivity contribution < 1.29 is 19.1 Å². The second-order valence-electron chi connectivity index (χ2n) is 7.72. The maximum atomic E-state index is 12.6. The number of carbonyl (C=O) groups excluding carboxylic acids is 3. The van der Waals surface area contributed by atoms with Gasteiger partial charge in [0.25, 0.3) is 5.91 Å². The summed E-state index contributed by atoms with van der Waals surface area (Å²) in [4.78, 5) is 41.5. The Morgan fingerprint density at radius 3 is 2.26 bits per heavy atom. The number of carbonyl (C=O) groups is 3. The van der Waals surface area contributed by atoms with E-state index in [0.29, 0.717) is 26.2 Å². The van der Waals surface area contributed by atoms with Crippen LogP contribution in [-0.4, -0.2) is 68.2 Å². The molecule has 2 heterocycles. The number of amides is 3. The first-order valence-electron chi connectivity index (χ1n) is 10.4. The molecule has 2 fully saturated rings. The minimum Gasteiger partial charge on any atom is -0.442 e. The van der Waals surface area contributed by atoms with Gasteiger partial charge < -0.3 is 19.9 Å². The minimum atomic E-state index is -0.406. The second kappa shape index (κ2) is 9.07. The van der Waals surface area contributed by atoms with Gasteiger partial charge in [-0.1, -0.05) is 18.2 Å². The molecule has 2 saturated heterocycles. The third kappa shape index (κ3) is 4.79. The number of nitrogens with one attached hydrogen (secondary N) is 1. The van der Waals surface area contributed by atoms with E-state index in [0.717, 1.165) is 30.0 Å². The Bertz CT molecular complexity index is 940. The lowest BCUT2D eigenvalue weighted by molar-refractivity contribution is -0.119. The highest BCUT2D eigenvalue weighted by atomic mass is 16.6. The van der Waals surface area contributed by atoms with Crippen molar-refractivity contribution in [2.24, 2.45) is 0 Å². The maximum absolute atomic E-state index is 12.6. The molecule has 4 rings (SSSR count). The van der Waals surface area contributed by atoms with E-state index in [-0.39, 0.29) is 17.9 Å². The lowest BCUT2D eigenvalue weighted by Gasteiger charge is -2.36. The van der Waals surface area contributed by atoms with E-state index in [4.69, 9.17) is 4.74 Å². The van der Waals surface area contributed by atoms with Crippen molar-refractivity contribution in [3.8, 4) is 0 Å².